The highest BCUT2D eigenvalue weighted by Crippen LogP contribution is 2.39. The molecule has 8 aromatic rings. The van der Waals surface area contributed by atoms with Gasteiger partial charge in [-0.3, -0.25) is 9.59 Å². The summed E-state index contributed by atoms with van der Waals surface area (Å²) >= 11 is 31.1. The first-order valence-corrected chi connectivity index (χ1v) is 29.5. The third kappa shape index (κ3) is 16.9. The van der Waals surface area contributed by atoms with Gasteiger partial charge < -0.3 is 16.0 Å². The van der Waals surface area contributed by atoms with Crippen molar-refractivity contribution in [2.45, 2.75) is 98.1 Å². The number of benzene rings is 6. The van der Waals surface area contributed by atoms with Crippen LogP contribution in [0.3, 0.4) is 0 Å². The van der Waals surface area contributed by atoms with Gasteiger partial charge in [0.2, 0.25) is 0 Å². The number of nitrogens with zero attached hydrogens (tertiary/aromatic N) is 5. The molecule has 0 saturated heterocycles. The third-order valence-electron chi connectivity index (χ3n) is 14.2. The number of amides is 1. The molecule has 16 heteroatoms. The Morgan fingerprint density at radius 1 is 0.585 bits per heavy atom. The molecule has 2 atom stereocenters. The Kier molecular flexibility index (Phi) is 23.7. The average Bonchev–Trinajstić information content (AvgIpc) is 2.97. The summed E-state index contributed by atoms with van der Waals surface area (Å²) in [7, 11) is 0. The van der Waals surface area contributed by atoms with E-state index in [0.717, 1.165) is 88.9 Å². The zero-order valence-corrected chi connectivity index (χ0v) is 50.5. The van der Waals surface area contributed by atoms with Crippen molar-refractivity contribution in [2.24, 2.45) is 5.73 Å². The van der Waals surface area contributed by atoms with Gasteiger partial charge in [-0.2, -0.15) is 10.2 Å². The maximum atomic E-state index is 13.6. The highest BCUT2D eigenvalue weighted by atomic mass is 35.5. The van der Waals surface area contributed by atoms with Crippen molar-refractivity contribution >= 4 is 92.5 Å². The van der Waals surface area contributed by atoms with Crippen LogP contribution in [-0.2, 0) is 12.8 Å². The summed E-state index contributed by atoms with van der Waals surface area (Å²) in [6.45, 7) is 14.1. The zero-order chi connectivity index (χ0) is 58.9. The molecular formula is C66H68Cl5F2N7O2. The van der Waals surface area contributed by atoms with Gasteiger partial charge in [-0.25, -0.2) is 18.1 Å². The summed E-state index contributed by atoms with van der Waals surface area (Å²) < 4.78 is 30.3. The topological polar surface area (TPSA) is 111 Å². The van der Waals surface area contributed by atoms with Gasteiger partial charge >= 0.3 is 0 Å². The fourth-order valence-corrected chi connectivity index (χ4v) is 10.9. The highest BCUT2D eigenvalue weighted by Gasteiger charge is 2.30. The van der Waals surface area contributed by atoms with Crippen LogP contribution in [0.15, 0.2) is 146 Å². The second-order valence-corrected chi connectivity index (χ2v) is 22.0. The van der Waals surface area contributed by atoms with Gasteiger partial charge in [0, 0.05) is 27.2 Å². The minimum Gasteiger partial charge on any atom is -0.344 e. The van der Waals surface area contributed by atoms with Crippen LogP contribution in [0.4, 0.5) is 8.78 Å². The smallest absolute Gasteiger partial charge is 0.273 e. The number of nitrogens with one attached hydrogen (secondary N) is 1. The fraction of sp³-hybridized carbons (Fsp3) is 0.273. The number of hydrogen-bond donors (Lipinski definition) is 2. The van der Waals surface area contributed by atoms with Crippen LogP contribution in [0.5, 0.6) is 0 Å². The van der Waals surface area contributed by atoms with Crippen molar-refractivity contribution in [1.82, 2.24) is 29.8 Å². The lowest BCUT2D eigenvalue weighted by Crippen LogP contribution is -2.28. The Hall–Kier alpha value is -6.41. The molecule has 1 amide bonds. The van der Waals surface area contributed by atoms with Crippen molar-refractivity contribution in [3.05, 3.63) is 233 Å². The average molecular weight is 1210 g/mol. The van der Waals surface area contributed by atoms with Gasteiger partial charge in [0.15, 0.2) is 5.69 Å². The van der Waals surface area contributed by atoms with E-state index in [9.17, 15) is 18.4 Å². The van der Waals surface area contributed by atoms with Crippen molar-refractivity contribution < 1.29 is 18.4 Å². The first-order valence-electron chi connectivity index (χ1n) is 27.7. The summed E-state index contributed by atoms with van der Waals surface area (Å²) in [5.74, 6) is -0.811. The molecule has 2 aliphatic carbocycles. The summed E-state index contributed by atoms with van der Waals surface area (Å²) in [5.41, 5.74) is 16.8. The Labute approximate surface area is 505 Å². The lowest BCUT2D eigenvalue weighted by molar-refractivity contribution is 0.0933. The molecule has 0 unspecified atom stereocenters. The largest absolute Gasteiger partial charge is 0.344 e. The molecule has 2 aliphatic rings. The minimum atomic E-state index is -0.604. The number of nitrogens with two attached hydrogens (primary N) is 1. The first-order chi connectivity index (χ1) is 39.5. The molecule has 0 saturated carbocycles. The van der Waals surface area contributed by atoms with Crippen LogP contribution in [0.1, 0.15) is 151 Å². The predicted molar refractivity (Wildman–Crippen MR) is 336 cm³/mol. The van der Waals surface area contributed by atoms with E-state index in [2.05, 4.69) is 36.1 Å². The SMILES string of the molecule is CCN(CC)CC.C[C@@H](N)c1ccccc1.C[C@@H](NC(=O)c1nn(-c2ccc(Cl)cc2Cl)c2c1CCCC/C2=C\c1ccc(F)cc1)c1ccccc1.O=C(Cl)c1nn(-c2ccc(Cl)cc2Cl)c2c1CCCC/C2=C\c1ccc(F)cc1. The number of hydrogen-bond acceptors (Lipinski definition) is 6. The third-order valence-corrected chi connectivity index (χ3v) is 15.5. The van der Waals surface area contributed by atoms with E-state index in [1.54, 1.807) is 64.0 Å². The van der Waals surface area contributed by atoms with Crippen LogP contribution >= 0.6 is 58.0 Å². The molecule has 0 fully saturated rings. The van der Waals surface area contributed by atoms with Crippen LogP contribution < -0.4 is 11.1 Å². The predicted octanol–water partition coefficient (Wildman–Crippen LogP) is 18.1. The molecule has 6 aromatic carbocycles. The van der Waals surface area contributed by atoms with E-state index in [4.69, 9.17) is 68.8 Å². The van der Waals surface area contributed by atoms with Crippen LogP contribution in [0, 0.1) is 11.6 Å². The Morgan fingerprint density at radius 3 is 1.37 bits per heavy atom. The zero-order valence-electron chi connectivity index (χ0n) is 46.7. The van der Waals surface area contributed by atoms with Crippen molar-refractivity contribution in [1.29, 1.82) is 0 Å². The molecular weight excluding hydrogens is 1140 g/mol. The number of allylic oxidation sites excluding steroid dienone is 2. The first kappa shape index (κ1) is 63.2. The maximum Gasteiger partial charge on any atom is 0.273 e. The Bertz CT molecular complexity index is 3470. The van der Waals surface area contributed by atoms with Crippen LogP contribution in [0.2, 0.25) is 20.1 Å². The van der Waals surface area contributed by atoms with E-state index in [1.807, 2.05) is 92.7 Å². The monoisotopic (exact) mass is 1200 g/mol. The molecule has 0 aliphatic heterocycles. The molecule has 2 aromatic heterocycles. The number of carbonyl (C=O) groups excluding carboxylic acids is 2. The van der Waals surface area contributed by atoms with Gasteiger partial charge in [-0.15, -0.1) is 0 Å². The number of fused-ring (bicyclic) bond motifs is 2. The van der Waals surface area contributed by atoms with Gasteiger partial charge in [0.1, 0.15) is 17.3 Å². The second kappa shape index (κ2) is 30.8. The Morgan fingerprint density at radius 2 is 0.988 bits per heavy atom. The molecule has 82 heavy (non-hydrogen) atoms. The van der Waals surface area contributed by atoms with Crippen LogP contribution in [-0.4, -0.2) is 55.2 Å². The summed E-state index contributed by atoms with van der Waals surface area (Å²) in [4.78, 5) is 28.1. The van der Waals surface area contributed by atoms with E-state index < -0.39 is 5.24 Å². The number of halogens is 7. The summed E-state index contributed by atoms with van der Waals surface area (Å²) in [6, 6.07) is 42.9. The van der Waals surface area contributed by atoms with E-state index >= 15 is 0 Å². The number of rotatable bonds is 12. The molecule has 2 heterocycles. The molecule has 0 radical (unpaired) electrons. The Balaban J connectivity index is 0.000000189. The molecule has 9 nitrogen and oxygen atoms in total. The standard InChI is InChI=1S/C30H26Cl2FN3O.C22H16Cl3FN2O.C8H11N.C6H15N/c1-19(21-7-3-2-4-8-21)34-30(37)28-25-10-6-5-9-22(17-20-11-14-24(33)15-12-20)29(25)36(35-28)27-16-13-23(31)18-26(27)32;23-15-7-10-19(18(24)12-15)28-21-14(11-13-5-8-16(26)9-6-13)3-1-2-4-17(21)20(27-28)22(25)29;1-7(9)8-5-3-2-4-6-8;1-4-7(5-2)6-3/h2-4,7-8,11-19H,5-6,9-10H2,1H3,(H,34,37);5-12H,1-4H2;2-7H,9H2,1H3;4-6H2,1-3H3/b22-17+;14-11+;;/t19-;;7-;/m1.1./s1. The molecule has 3 N–H and O–H groups in total. The summed E-state index contributed by atoms with van der Waals surface area (Å²) in [6.07, 6.45) is 10.8. The lowest BCUT2D eigenvalue weighted by Gasteiger charge is -2.14. The second-order valence-electron chi connectivity index (χ2n) is 19.9. The quantitative estimate of drug-likeness (QED) is 0.0931. The minimum absolute atomic E-state index is 0.159. The molecule has 10 rings (SSSR count). The fourth-order valence-electron chi connectivity index (χ4n) is 9.82. The lowest BCUT2D eigenvalue weighted by atomic mass is 10.0. The van der Waals surface area contributed by atoms with Gasteiger partial charge in [-0.1, -0.05) is 152 Å². The van der Waals surface area contributed by atoms with E-state index in [-0.39, 0.29) is 35.3 Å². The van der Waals surface area contributed by atoms with Gasteiger partial charge in [0.05, 0.1) is 38.8 Å². The molecule has 428 valence electrons. The highest BCUT2D eigenvalue weighted by molar-refractivity contribution is 6.67. The van der Waals surface area contributed by atoms with Crippen molar-refractivity contribution in [3.63, 3.8) is 0 Å². The van der Waals surface area contributed by atoms with Crippen molar-refractivity contribution in [2.75, 3.05) is 19.6 Å². The molecule has 0 spiro atoms. The molecule has 0 bridgehead atoms. The van der Waals surface area contributed by atoms with Crippen LogP contribution in [0.25, 0.3) is 34.7 Å². The van der Waals surface area contributed by atoms with Gasteiger partial charge in [-0.05, 0) is 203 Å². The van der Waals surface area contributed by atoms with E-state index in [1.165, 1.54) is 49.5 Å². The maximum absolute atomic E-state index is 13.6. The van der Waals surface area contributed by atoms with Gasteiger partial charge in [0.25, 0.3) is 11.1 Å². The van der Waals surface area contributed by atoms with Crippen molar-refractivity contribution in [3.8, 4) is 11.4 Å². The normalized spacial score (nSPS) is 14.6. The number of carbonyl (C=O) groups is 2. The summed E-state index contributed by atoms with van der Waals surface area (Å²) in [5, 5.41) is 13.7. The van der Waals surface area contributed by atoms with E-state index in [0.29, 0.717) is 50.0 Å². The number of aromatic nitrogens is 4.